The Balaban J connectivity index is 1.29. The fourth-order valence-corrected chi connectivity index (χ4v) is 4.43. The average Bonchev–Trinajstić information content (AvgIpc) is 2.88. The normalized spacial score (nSPS) is 14.6. The Labute approximate surface area is 206 Å². The van der Waals surface area contributed by atoms with Crippen LogP contribution in [0.25, 0.3) is 10.9 Å². The molecule has 0 atom stereocenters. The van der Waals surface area contributed by atoms with Crippen molar-refractivity contribution >= 4 is 28.0 Å². The number of ether oxygens (including phenoxy) is 2. The molecule has 1 aliphatic heterocycles. The van der Waals surface area contributed by atoms with Gasteiger partial charge in [-0.25, -0.2) is 0 Å². The number of pyridine rings is 1. The second kappa shape index (κ2) is 10.2. The molecule has 0 bridgehead atoms. The second-order valence-electron chi connectivity index (χ2n) is 9.20. The zero-order chi connectivity index (χ0) is 24.2. The van der Waals surface area contributed by atoms with Crippen LogP contribution in [0.2, 0.25) is 0 Å². The molecule has 1 aliphatic rings. The zero-order valence-corrected chi connectivity index (χ0v) is 20.5. The third-order valence-corrected chi connectivity index (χ3v) is 6.58. The molecule has 35 heavy (non-hydrogen) atoms. The highest BCUT2D eigenvalue weighted by atomic mass is 16.5. The molecule has 0 unspecified atom stereocenters. The molecule has 4 aromatic rings. The molecule has 0 radical (unpaired) electrons. The van der Waals surface area contributed by atoms with E-state index in [1.165, 1.54) is 18.5 Å². The van der Waals surface area contributed by atoms with E-state index < -0.39 is 0 Å². The van der Waals surface area contributed by atoms with Crippen molar-refractivity contribution in [1.29, 1.82) is 0 Å². The lowest BCUT2D eigenvalue weighted by atomic mass is 10.1. The van der Waals surface area contributed by atoms with E-state index in [2.05, 4.69) is 70.9 Å². The number of benzene rings is 3. The van der Waals surface area contributed by atoms with E-state index in [9.17, 15) is 0 Å². The number of likely N-dealkylation sites (tertiary alicyclic amines) is 1. The smallest absolute Gasteiger partial charge is 0.138 e. The van der Waals surface area contributed by atoms with Gasteiger partial charge in [0.25, 0.3) is 0 Å². The number of nitrogens with one attached hydrogen (secondary N) is 2. The predicted molar refractivity (Wildman–Crippen MR) is 143 cm³/mol. The van der Waals surface area contributed by atoms with Gasteiger partial charge in [0.15, 0.2) is 0 Å². The molecule has 1 saturated heterocycles. The number of aryl methyl sites for hydroxylation is 1. The molecule has 1 aromatic heterocycles. The maximum absolute atomic E-state index is 6.35. The minimum absolute atomic E-state index is 0.548. The van der Waals surface area contributed by atoms with E-state index in [1.54, 1.807) is 13.3 Å². The summed E-state index contributed by atoms with van der Waals surface area (Å²) >= 11 is 0. The number of hydrogen-bond acceptors (Lipinski definition) is 6. The minimum atomic E-state index is 0.548. The summed E-state index contributed by atoms with van der Waals surface area (Å²) in [6.45, 7) is 4.35. The summed E-state index contributed by atoms with van der Waals surface area (Å²) < 4.78 is 11.7. The molecule has 6 heteroatoms. The van der Waals surface area contributed by atoms with Crippen LogP contribution >= 0.6 is 0 Å². The van der Waals surface area contributed by atoms with Gasteiger partial charge in [-0.3, -0.25) is 4.98 Å². The molecule has 3 aromatic carbocycles. The summed E-state index contributed by atoms with van der Waals surface area (Å²) in [7, 11) is 3.85. The average molecular weight is 469 g/mol. The number of nitrogens with zero attached hydrogens (tertiary/aromatic N) is 2. The lowest BCUT2D eigenvalue weighted by Crippen LogP contribution is -2.36. The Hall–Kier alpha value is -3.77. The van der Waals surface area contributed by atoms with E-state index in [4.69, 9.17) is 9.47 Å². The van der Waals surface area contributed by atoms with Gasteiger partial charge in [-0.15, -0.1) is 0 Å². The van der Waals surface area contributed by atoms with Crippen LogP contribution in [0.4, 0.5) is 17.1 Å². The Morgan fingerprint density at radius 3 is 2.37 bits per heavy atom. The molecule has 5 rings (SSSR count). The van der Waals surface area contributed by atoms with Crippen LogP contribution < -0.4 is 20.1 Å². The monoisotopic (exact) mass is 468 g/mol. The van der Waals surface area contributed by atoms with Crippen molar-refractivity contribution in [1.82, 2.24) is 9.88 Å². The maximum Gasteiger partial charge on any atom is 0.138 e. The van der Waals surface area contributed by atoms with Gasteiger partial charge in [-0.2, -0.15) is 0 Å². The number of fused-ring (bicyclic) bond motifs is 1. The van der Waals surface area contributed by atoms with Crippen LogP contribution in [-0.4, -0.2) is 43.2 Å². The van der Waals surface area contributed by atoms with Crippen molar-refractivity contribution in [2.45, 2.75) is 25.8 Å². The van der Waals surface area contributed by atoms with Crippen molar-refractivity contribution < 1.29 is 9.47 Å². The minimum Gasteiger partial charge on any atom is -0.497 e. The lowest BCUT2D eigenvalue weighted by molar-refractivity contribution is 0.264. The van der Waals surface area contributed by atoms with Crippen LogP contribution in [0.5, 0.6) is 17.2 Å². The van der Waals surface area contributed by atoms with Gasteiger partial charge in [0.05, 0.1) is 12.6 Å². The van der Waals surface area contributed by atoms with Crippen LogP contribution in [0.1, 0.15) is 18.4 Å². The number of anilines is 3. The number of hydrogen-bond donors (Lipinski definition) is 2. The Morgan fingerprint density at radius 2 is 1.60 bits per heavy atom. The number of methoxy groups -OCH3 is 1. The largest absolute Gasteiger partial charge is 0.497 e. The van der Waals surface area contributed by atoms with Gasteiger partial charge >= 0.3 is 0 Å². The zero-order valence-electron chi connectivity index (χ0n) is 20.5. The quantitative estimate of drug-likeness (QED) is 0.319. The van der Waals surface area contributed by atoms with Crippen molar-refractivity contribution in [3.8, 4) is 17.2 Å². The highest BCUT2D eigenvalue weighted by Crippen LogP contribution is 2.34. The summed E-state index contributed by atoms with van der Waals surface area (Å²) in [6, 6.07) is 23.0. The van der Waals surface area contributed by atoms with E-state index >= 15 is 0 Å². The van der Waals surface area contributed by atoms with E-state index in [-0.39, 0.29) is 0 Å². The predicted octanol–water partition coefficient (Wildman–Crippen LogP) is 6.59. The topological polar surface area (TPSA) is 58.7 Å². The van der Waals surface area contributed by atoms with Crippen molar-refractivity contribution in [2.75, 3.05) is 37.9 Å². The van der Waals surface area contributed by atoms with E-state index in [0.717, 1.165) is 58.2 Å². The summed E-state index contributed by atoms with van der Waals surface area (Å²) in [4.78, 5) is 6.84. The number of aromatic nitrogens is 1. The maximum atomic E-state index is 6.35. The first-order valence-electron chi connectivity index (χ1n) is 12.1. The summed E-state index contributed by atoms with van der Waals surface area (Å²) in [5.41, 5.74) is 5.07. The molecule has 1 fully saturated rings. The fraction of sp³-hybridized carbons (Fsp3) is 0.276. The first kappa shape index (κ1) is 23.0. The highest BCUT2D eigenvalue weighted by Gasteiger charge is 2.16. The Bertz CT molecular complexity index is 1300. The van der Waals surface area contributed by atoms with E-state index in [1.807, 2.05) is 30.3 Å². The third kappa shape index (κ3) is 5.49. The van der Waals surface area contributed by atoms with E-state index in [0.29, 0.717) is 6.04 Å². The first-order chi connectivity index (χ1) is 17.1. The Kier molecular flexibility index (Phi) is 6.73. The molecule has 6 nitrogen and oxygen atoms in total. The molecule has 0 amide bonds. The fourth-order valence-electron chi connectivity index (χ4n) is 4.43. The molecule has 0 saturated carbocycles. The molecular weight excluding hydrogens is 436 g/mol. The third-order valence-electron chi connectivity index (χ3n) is 6.58. The van der Waals surface area contributed by atoms with Crippen molar-refractivity contribution in [3.63, 3.8) is 0 Å². The van der Waals surface area contributed by atoms with Crippen LogP contribution in [0, 0.1) is 6.92 Å². The molecule has 0 aliphatic carbocycles. The van der Waals surface area contributed by atoms with Gasteiger partial charge in [-0.1, -0.05) is 6.07 Å². The van der Waals surface area contributed by atoms with Gasteiger partial charge in [0.1, 0.15) is 17.2 Å². The van der Waals surface area contributed by atoms with Crippen LogP contribution in [0.15, 0.2) is 72.9 Å². The van der Waals surface area contributed by atoms with Crippen molar-refractivity contribution in [3.05, 3.63) is 78.5 Å². The van der Waals surface area contributed by atoms with Gasteiger partial charge < -0.3 is 25.0 Å². The van der Waals surface area contributed by atoms with Gasteiger partial charge in [-0.05, 0) is 94.0 Å². The first-order valence-corrected chi connectivity index (χ1v) is 12.1. The summed E-state index contributed by atoms with van der Waals surface area (Å²) in [5, 5.41) is 8.12. The highest BCUT2D eigenvalue weighted by molar-refractivity contribution is 5.86. The number of rotatable bonds is 7. The van der Waals surface area contributed by atoms with Crippen molar-refractivity contribution in [2.24, 2.45) is 0 Å². The van der Waals surface area contributed by atoms with Gasteiger partial charge in [0, 0.05) is 46.8 Å². The summed E-state index contributed by atoms with van der Waals surface area (Å²) in [5.74, 6) is 2.35. The standard InChI is InChI=1S/C29H32N4O2/c1-20-4-5-24(32-22-8-6-21(7-9-22)31-23-13-16-33(2)17-14-23)18-29(20)35-28-12-15-30-27-19-25(34-3)10-11-26(27)28/h4-12,15,18-19,23,31-32H,13-14,16-17H2,1-3H3. The molecule has 2 N–H and O–H groups in total. The SMILES string of the molecule is COc1ccc2c(Oc3cc(Nc4ccc(NC5CCN(C)CC5)cc4)ccc3C)ccnc2c1. The van der Waals surface area contributed by atoms with Crippen LogP contribution in [0.3, 0.4) is 0 Å². The molecular formula is C29H32N4O2. The molecule has 2 heterocycles. The van der Waals surface area contributed by atoms with Crippen LogP contribution in [-0.2, 0) is 0 Å². The molecule has 0 spiro atoms. The molecule has 180 valence electrons. The Morgan fingerprint density at radius 1 is 0.857 bits per heavy atom. The summed E-state index contributed by atoms with van der Waals surface area (Å²) in [6.07, 6.45) is 4.13. The lowest BCUT2D eigenvalue weighted by Gasteiger charge is -2.30. The van der Waals surface area contributed by atoms with Gasteiger partial charge in [0.2, 0.25) is 0 Å². The number of piperidine rings is 1. The second-order valence-corrected chi connectivity index (χ2v) is 9.20.